The number of hydrogen-bond donors (Lipinski definition) is 2. The Bertz CT molecular complexity index is 869. The molecular formula is C22H27N3O2S. The molecule has 0 aromatic heterocycles. The van der Waals surface area contributed by atoms with E-state index < -0.39 is 0 Å². The molecule has 28 heavy (non-hydrogen) atoms. The summed E-state index contributed by atoms with van der Waals surface area (Å²) in [5.41, 5.74) is 4.23. The van der Waals surface area contributed by atoms with Gasteiger partial charge in [0.15, 0.2) is 5.11 Å². The lowest BCUT2D eigenvalue weighted by atomic mass is 10.1. The molecule has 0 bridgehead atoms. The summed E-state index contributed by atoms with van der Waals surface area (Å²) >= 11 is 5.42. The number of benzene rings is 2. The predicted molar refractivity (Wildman–Crippen MR) is 118 cm³/mol. The van der Waals surface area contributed by atoms with Gasteiger partial charge in [0.1, 0.15) is 12.4 Å². The van der Waals surface area contributed by atoms with Crippen molar-refractivity contribution >= 4 is 34.6 Å². The maximum atomic E-state index is 11.9. The molecule has 2 aromatic carbocycles. The lowest BCUT2D eigenvalue weighted by molar-refractivity contribution is -0.117. The van der Waals surface area contributed by atoms with Crippen molar-refractivity contribution in [2.45, 2.75) is 39.7 Å². The van der Waals surface area contributed by atoms with E-state index in [9.17, 15) is 4.79 Å². The summed E-state index contributed by atoms with van der Waals surface area (Å²) in [5, 5.41) is 6.96. The van der Waals surface area contributed by atoms with E-state index in [0.717, 1.165) is 30.1 Å². The molecule has 1 atom stereocenters. The minimum atomic E-state index is 0.0463. The van der Waals surface area contributed by atoms with Crippen LogP contribution in [0.1, 0.15) is 30.9 Å². The standard InChI is InChI=1S/C22H27N3O2S/c1-15-9-10-20(12-16(15)2)27-14-17(3)23-22(28)24-18-6-4-7-19(13-18)25-11-5-8-21(25)26/h4,6-7,9-10,12-13,17H,5,8,11,14H2,1-3H3,(H2,23,24,28)/t17-/m1/s1. The fourth-order valence-corrected chi connectivity index (χ4v) is 3.45. The fourth-order valence-electron chi connectivity index (χ4n) is 3.13. The molecule has 0 saturated carbocycles. The van der Waals surface area contributed by atoms with Crippen LogP contribution < -0.4 is 20.3 Å². The monoisotopic (exact) mass is 397 g/mol. The van der Waals surface area contributed by atoms with Gasteiger partial charge in [-0.05, 0) is 80.9 Å². The van der Waals surface area contributed by atoms with E-state index in [1.165, 1.54) is 11.1 Å². The second-order valence-electron chi connectivity index (χ2n) is 7.26. The van der Waals surface area contributed by atoms with Crippen molar-refractivity contribution in [2.75, 3.05) is 23.4 Å². The number of nitrogens with zero attached hydrogens (tertiary/aromatic N) is 1. The largest absolute Gasteiger partial charge is 0.491 e. The van der Waals surface area contributed by atoms with Crippen molar-refractivity contribution in [3.05, 3.63) is 53.6 Å². The van der Waals surface area contributed by atoms with Gasteiger partial charge in [0.05, 0.1) is 6.04 Å². The Morgan fingerprint density at radius 3 is 2.75 bits per heavy atom. The zero-order valence-electron chi connectivity index (χ0n) is 16.6. The summed E-state index contributed by atoms with van der Waals surface area (Å²) in [6.07, 6.45) is 1.53. The van der Waals surface area contributed by atoms with Crippen molar-refractivity contribution in [1.82, 2.24) is 5.32 Å². The molecule has 0 spiro atoms. The summed E-state index contributed by atoms with van der Waals surface area (Å²) in [5.74, 6) is 1.04. The molecule has 1 aliphatic rings. The molecule has 1 saturated heterocycles. The molecular weight excluding hydrogens is 370 g/mol. The van der Waals surface area contributed by atoms with Crippen LogP contribution in [-0.2, 0) is 4.79 Å². The first-order chi connectivity index (χ1) is 13.4. The van der Waals surface area contributed by atoms with E-state index in [0.29, 0.717) is 18.1 Å². The minimum absolute atomic E-state index is 0.0463. The highest BCUT2D eigenvalue weighted by Crippen LogP contribution is 2.24. The van der Waals surface area contributed by atoms with Gasteiger partial charge in [-0.15, -0.1) is 0 Å². The Balaban J connectivity index is 1.50. The van der Waals surface area contributed by atoms with Gasteiger partial charge in [0.25, 0.3) is 0 Å². The first-order valence-corrected chi connectivity index (χ1v) is 10.0. The van der Waals surface area contributed by atoms with Gasteiger partial charge in [-0.1, -0.05) is 12.1 Å². The molecule has 2 N–H and O–H groups in total. The quantitative estimate of drug-likeness (QED) is 0.716. The van der Waals surface area contributed by atoms with Crippen molar-refractivity contribution in [1.29, 1.82) is 0 Å². The number of rotatable bonds is 6. The molecule has 2 aromatic rings. The number of aryl methyl sites for hydroxylation is 2. The molecule has 0 radical (unpaired) electrons. The van der Waals surface area contributed by atoms with Crippen LogP contribution in [0.3, 0.4) is 0 Å². The van der Waals surface area contributed by atoms with E-state index in [2.05, 4.69) is 30.5 Å². The van der Waals surface area contributed by atoms with Gasteiger partial charge < -0.3 is 20.3 Å². The third-order valence-electron chi connectivity index (χ3n) is 4.84. The van der Waals surface area contributed by atoms with Crippen LogP contribution in [0.15, 0.2) is 42.5 Å². The molecule has 1 amide bonds. The predicted octanol–water partition coefficient (Wildman–Crippen LogP) is 4.18. The van der Waals surface area contributed by atoms with Gasteiger partial charge in [0.2, 0.25) is 5.91 Å². The van der Waals surface area contributed by atoms with Crippen LogP contribution >= 0.6 is 12.2 Å². The molecule has 0 aliphatic carbocycles. The molecule has 3 rings (SSSR count). The van der Waals surface area contributed by atoms with E-state index in [4.69, 9.17) is 17.0 Å². The van der Waals surface area contributed by atoms with Crippen LogP contribution in [0.2, 0.25) is 0 Å². The van der Waals surface area contributed by atoms with Gasteiger partial charge in [-0.2, -0.15) is 0 Å². The summed E-state index contributed by atoms with van der Waals surface area (Å²) in [6.45, 7) is 7.47. The Morgan fingerprint density at radius 1 is 1.21 bits per heavy atom. The molecule has 1 fully saturated rings. The molecule has 148 valence electrons. The maximum absolute atomic E-state index is 11.9. The van der Waals surface area contributed by atoms with Crippen LogP contribution in [-0.4, -0.2) is 30.2 Å². The van der Waals surface area contributed by atoms with Gasteiger partial charge in [-0.25, -0.2) is 0 Å². The van der Waals surface area contributed by atoms with Gasteiger partial charge in [0, 0.05) is 24.3 Å². The zero-order valence-corrected chi connectivity index (χ0v) is 17.4. The van der Waals surface area contributed by atoms with Crippen LogP contribution in [0.25, 0.3) is 0 Å². The first-order valence-electron chi connectivity index (χ1n) is 9.60. The first kappa shape index (κ1) is 20.1. The molecule has 1 aliphatic heterocycles. The highest BCUT2D eigenvalue weighted by atomic mass is 32.1. The fraction of sp³-hybridized carbons (Fsp3) is 0.364. The maximum Gasteiger partial charge on any atom is 0.227 e. The summed E-state index contributed by atoms with van der Waals surface area (Å²) in [4.78, 5) is 13.8. The summed E-state index contributed by atoms with van der Waals surface area (Å²) < 4.78 is 5.86. The Hall–Kier alpha value is -2.60. The van der Waals surface area contributed by atoms with Crippen molar-refractivity contribution in [3.8, 4) is 5.75 Å². The number of anilines is 2. The molecule has 5 nitrogen and oxygen atoms in total. The van der Waals surface area contributed by atoms with E-state index in [1.807, 2.05) is 48.2 Å². The smallest absolute Gasteiger partial charge is 0.227 e. The van der Waals surface area contributed by atoms with Crippen molar-refractivity contribution in [3.63, 3.8) is 0 Å². The molecule has 0 unspecified atom stereocenters. The lowest BCUT2D eigenvalue weighted by Crippen LogP contribution is -2.39. The third-order valence-corrected chi connectivity index (χ3v) is 5.06. The zero-order chi connectivity index (χ0) is 20.1. The number of nitrogens with one attached hydrogen (secondary N) is 2. The number of thiocarbonyl (C=S) groups is 1. The third kappa shape index (κ3) is 5.23. The van der Waals surface area contributed by atoms with Crippen LogP contribution in [0, 0.1) is 13.8 Å². The number of hydrogen-bond acceptors (Lipinski definition) is 3. The molecule has 1 heterocycles. The Kier molecular flexibility index (Phi) is 6.52. The normalized spacial score (nSPS) is 14.7. The summed E-state index contributed by atoms with van der Waals surface area (Å²) in [7, 11) is 0. The van der Waals surface area contributed by atoms with Crippen LogP contribution in [0.4, 0.5) is 11.4 Å². The number of ether oxygens (including phenoxy) is 1. The molecule has 6 heteroatoms. The highest BCUT2D eigenvalue weighted by molar-refractivity contribution is 7.80. The highest BCUT2D eigenvalue weighted by Gasteiger charge is 2.21. The van der Waals surface area contributed by atoms with Crippen LogP contribution in [0.5, 0.6) is 5.75 Å². The van der Waals surface area contributed by atoms with E-state index in [-0.39, 0.29) is 11.9 Å². The van der Waals surface area contributed by atoms with E-state index >= 15 is 0 Å². The Morgan fingerprint density at radius 2 is 2.04 bits per heavy atom. The SMILES string of the molecule is Cc1ccc(OC[C@@H](C)NC(=S)Nc2cccc(N3CCCC3=O)c2)cc1C. The van der Waals surface area contributed by atoms with Crippen molar-refractivity contribution in [2.24, 2.45) is 0 Å². The minimum Gasteiger partial charge on any atom is -0.491 e. The topological polar surface area (TPSA) is 53.6 Å². The summed E-state index contributed by atoms with van der Waals surface area (Å²) in [6, 6.07) is 13.9. The van der Waals surface area contributed by atoms with Gasteiger partial charge >= 0.3 is 0 Å². The van der Waals surface area contributed by atoms with Gasteiger partial charge in [-0.3, -0.25) is 4.79 Å². The average molecular weight is 398 g/mol. The Labute approximate surface area is 172 Å². The second kappa shape index (κ2) is 9.06. The number of carbonyl (C=O) groups is 1. The van der Waals surface area contributed by atoms with Crippen molar-refractivity contribution < 1.29 is 9.53 Å². The average Bonchev–Trinajstić information content (AvgIpc) is 3.09. The van der Waals surface area contributed by atoms with E-state index in [1.54, 1.807) is 0 Å². The second-order valence-corrected chi connectivity index (χ2v) is 7.66. The number of amides is 1. The number of carbonyl (C=O) groups excluding carboxylic acids is 1. The lowest BCUT2D eigenvalue weighted by Gasteiger charge is -2.19.